The summed E-state index contributed by atoms with van der Waals surface area (Å²) in [6.07, 6.45) is 2.88. The Morgan fingerprint density at radius 3 is 2.41 bits per heavy atom. The lowest BCUT2D eigenvalue weighted by molar-refractivity contribution is -0.0342. The molecule has 0 aliphatic carbocycles. The van der Waals surface area contributed by atoms with Gasteiger partial charge in [-0.1, -0.05) is 12.1 Å². The molecule has 8 heteroatoms. The lowest BCUT2D eigenvalue weighted by Gasteiger charge is -2.39. The van der Waals surface area contributed by atoms with Crippen molar-refractivity contribution >= 4 is 0 Å². The van der Waals surface area contributed by atoms with E-state index < -0.39 is 6.17 Å². The van der Waals surface area contributed by atoms with Gasteiger partial charge >= 0.3 is 5.69 Å². The van der Waals surface area contributed by atoms with E-state index in [9.17, 15) is 13.6 Å². The topological polar surface area (TPSA) is 52.3 Å². The third-order valence-electron chi connectivity index (χ3n) is 6.28. The zero-order chi connectivity index (χ0) is 20.5. The van der Waals surface area contributed by atoms with Crippen molar-refractivity contribution in [3.8, 4) is 0 Å². The van der Waals surface area contributed by atoms with Gasteiger partial charge in [-0.05, 0) is 50.3 Å². The molecule has 2 bridgehead atoms. The number of ether oxygens (including phenoxy) is 1. The van der Waals surface area contributed by atoms with Crippen molar-refractivity contribution < 1.29 is 13.5 Å². The molecule has 0 amide bonds. The van der Waals surface area contributed by atoms with E-state index in [0.29, 0.717) is 31.1 Å². The highest BCUT2D eigenvalue weighted by Gasteiger charge is 2.41. The maximum Gasteiger partial charge on any atom is 0.345 e. The maximum absolute atomic E-state index is 14.8. The number of alkyl halides is 1. The van der Waals surface area contributed by atoms with Gasteiger partial charge in [0.15, 0.2) is 0 Å². The Morgan fingerprint density at radius 1 is 1.17 bits per heavy atom. The van der Waals surface area contributed by atoms with Gasteiger partial charge in [-0.25, -0.2) is 18.3 Å². The maximum atomic E-state index is 14.8. The number of piperidine rings is 1. The van der Waals surface area contributed by atoms with E-state index in [4.69, 9.17) is 4.74 Å². The van der Waals surface area contributed by atoms with E-state index in [2.05, 4.69) is 10.00 Å². The van der Waals surface area contributed by atoms with E-state index in [-0.39, 0.29) is 24.2 Å². The van der Waals surface area contributed by atoms with Gasteiger partial charge in [-0.15, -0.1) is 0 Å². The SMILES string of the molecule is Cc1nn(C[C@H](F)CN2C3CCC2CC(OCc2ccc(F)cc2)C3)c(=O)n1C. The molecule has 0 spiro atoms. The summed E-state index contributed by atoms with van der Waals surface area (Å²) in [4.78, 5) is 14.3. The van der Waals surface area contributed by atoms with Gasteiger partial charge in [0.25, 0.3) is 0 Å². The normalized spacial score (nSPS) is 25.4. The number of aryl methyl sites for hydroxylation is 1. The van der Waals surface area contributed by atoms with Crippen LogP contribution in [-0.4, -0.2) is 50.2 Å². The first-order chi connectivity index (χ1) is 13.9. The molecule has 2 aliphatic rings. The Morgan fingerprint density at radius 2 is 1.83 bits per heavy atom. The van der Waals surface area contributed by atoms with E-state index >= 15 is 0 Å². The van der Waals surface area contributed by atoms with Crippen molar-refractivity contribution in [3.05, 3.63) is 52.0 Å². The number of nitrogens with zero attached hydrogens (tertiary/aromatic N) is 4. The Hall–Kier alpha value is -2.06. The molecule has 3 atom stereocenters. The number of halogens is 2. The van der Waals surface area contributed by atoms with E-state index in [1.165, 1.54) is 21.4 Å². The average molecular weight is 406 g/mol. The molecule has 158 valence electrons. The van der Waals surface area contributed by atoms with Crippen molar-refractivity contribution in [1.82, 2.24) is 19.2 Å². The highest BCUT2D eigenvalue weighted by Crippen LogP contribution is 2.37. The predicted octanol–water partition coefficient (Wildman–Crippen LogP) is 2.58. The standard InChI is InChI=1S/C21H28F2N4O2/c1-14-24-27(21(28)25(14)2)12-17(23)11-26-18-7-8-19(26)10-20(9-18)29-13-15-3-5-16(22)6-4-15/h3-6,17-20H,7-13H2,1-2H3/t17-,18?,19?,20?/m1/s1. The van der Waals surface area contributed by atoms with Gasteiger partial charge in [0.1, 0.15) is 17.8 Å². The lowest BCUT2D eigenvalue weighted by atomic mass is 9.99. The molecule has 2 aromatic rings. The van der Waals surface area contributed by atoms with E-state index in [1.807, 2.05) is 0 Å². The second-order valence-corrected chi connectivity index (χ2v) is 8.28. The summed E-state index contributed by atoms with van der Waals surface area (Å²) in [5, 5.41) is 4.13. The third-order valence-corrected chi connectivity index (χ3v) is 6.28. The smallest absolute Gasteiger partial charge is 0.345 e. The van der Waals surface area contributed by atoms with Crippen LogP contribution >= 0.6 is 0 Å². The molecule has 29 heavy (non-hydrogen) atoms. The molecular weight excluding hydrogens is 378 g/mol. The third kappa shape index (κ3) is 4.43. The number of aromatic nitrogens is 3. The predicted molar refractivity (Wildman–Crippen MR) is 105 cm³/mol. The van der Waals surface area contributed by atoms with Crippen molar-refractivity contribution in [1.29, 1.82) is 0 Å². The van der Waals surface area contributed by atoms with Crippen molar-refractivity contribution in [2.75, 3.05) is 6.54 Å². The minimum Gasteiger partial charge on any atom is -0.373 e. The summed E-state index contributed by atoms with van der Waals surface area (Å²) in [6, 6.07) is 7.00. The summed E-state index contributed by atoms with van der Waals surface area (Å²) >= 11 is 0. The van der Waals surface area contributed by atoms with Crippen LogP contribution in [0.1, 0.15) is 37.1 Å². The van der Waals surface area contributed by atoms with Crippen LogP contribution in [0.2, 0.25) is 0 Å². The van der Waals surface area contributed by atoms with Crippen LogP contribution in [0.3, 0.4) is 0 Å². The molecular formula is C21H28F2N4O2. The first kappa shape index (κ1) is 20.2. The van der Waals surface area contributed by atoms with Crippen molar-refractivity contribution in [2.24, 2.45) is 7.05 Å². The van der Waals surface area contributed by atoms with Crippen LogP contribution in [-0.2, 0) is 24.9 Å². The molecule has 0 radical (unpaired) electrons. The van der Waals surface area contributed by atoms with Crippen LogP contribution in [0.15, 0.2) is 29.1 Å². The molecule has 6 nitrogen and oxygen atoms in total. The first-order valence-electron chi connectivity index (χ1n) is 10.3. The minimum absolute atomic E-state index is 0.0129. The minimum atomic E-state index is -1.14. The number of fused-ring (bicyclic) bond motifs is 2. The van der Waals surface area contributed by atoms with Crippen molar-refractivity contribution in [2.45, 2.75) is 70.1 Å². The fraction of sp³-hybridized carbons (Fsp3) is 0.619. The number of hydrogen-bond acceptors (Lipinski definition) is 4. The van der Waals surface area contributed by atoms with Gasteiger partial charge < -0.3 is 4.74 Å². The molecule has 4 rings (SSSR count). The number of benzene rings is 1. The van der Waals surface area contributed by atoms with Gasteiger partial charge in [0.2, 0.25) is 0 Å². The number of rotatable bonds is 7. The molecule has 3 heterocycles. The Labute approximate surface area is 169 Å². The van der Waals surface area contributed by atoms with Crippen LogP contribution in [0.25, 0.3) is 0 Å². The number of hydrogen-bond donors (Lipinski definition) is 0. The Kier molecular flexibility index (Phi) is 5.83. The van der Waals surface area contributed by atoms with Crippen molar-refractivity contribution in [3.63, 3.8) is 0 Å². The fourth-order valence-electron chi connectivity index (χ4n) is 4.64. The Bertz CT molecular complexity index is 881. The molecule has 2 fully saturated rings. The molecule has 2 aliphatic heterocycles. The van der Waals surface area contributed by atoms with Gasteiger partial charge in [0.05, 0.1) is 19.3 Å². The summed E-state index contributed by atoms with van der Waals surface area (Å²) in [6.45, 7) is 2.52. The van der Waals surface area contributed by atoms with Gasteiger partial charge in [0, 0.05) is 25.7 Å². The molecule has 0 saturated carbocycles. The molecule has 2 saturated heterocycles. The largest absolute Gasteiger partial charge is 0.373 e. The Balaban J connectivity index is 1.30. The quantitative estimate of drug-likeness (QED) is 0.709. The highest BCUT2D eigenvalue weighted by molar-refractivity contribution is 5.15. The summed E-state index contributed by atoms with van der Waals surface area (Å²) in [5.74, 6) is 0.338. The summed E-state index contributed by atoms with van der Waals surface area (Å²) in [7, 11) is 1.64. The average Bonchev–Trinajstić information content (AvgIpc) is 3.06. The molecule has 0 N–H and O–H groups in total. The van der Waals surface area contributed by atoms with Gasteiger partial charge in [-0.2, -0.15) is 5.10 Å². The monoisotopic (exact) mass is 406 g/mol. The summed E-state index contributed by atoms with van der Waals surface area (Å²) in [5.41, 5.74) is 0.683. The van der Waals surface area contributed by atoms with Gasteiger partial charge in [-0.3, -0.25) is 9.47 Å². The zero-order valence-electron chi connectivity index (χ0n) is 16.9. The summed E-state index contributed by atoms with van der Waals surface area (Å²) < 4.78 is 36.5. The van der Waals surface area contributed by atoms with Crippen LogP contribution < -0.4 is 5.69 Å². The van der Waals surface area contributed by atoms with Crippen LogP contribution in [0.5, 0.6) is 0 Å². The van der Waals surface area contributed by atoms with E-state index in [0.717, 1.165) is 31.2 Å². The first-order valence-corrected chi connectivity index (χ1v) is 10.3. The molecule has 1 aromatic heterocycles. The lowest BCUT2D eigenvalue weighted by Crippen LogP contribution is -2.48. The van der Waals surface area contributed by atoms with Crippen LogP contribution in [0, 0.1) is 12.7 Å². The highest BCUT2D eigenvalue weighted by atomic mass is 19.1. The molecule has 2 unspecified atom stereocenters. The fourth-order valence-corrected chi connectivity index (χ4v) is 4.64. The zero-order valence-corrected chi connectivity index (χ0v) is 16.9. The molecule has 1 aromatic carbocycles. The van der Waals surface area contributed by atoms with Crippen LogP contribution in [0.4, 0.5) is 8.78 Å². The van der Waals surface area contributed by atoms with E-state index in [1.54, 1.807) is 26.1 Å². The second kappa shape index (κ2) is 8.36. The second-order valence-electron chi connectivity index (χ2n) is 8.28.